The number of hydrogen-bond donors (Lipinski definition) is 0. The van der Waals surface area contributed by atoms with E-state index < -0.39 is 0 Å². The van der Waals surface area contributed by atoms with Gasteiger partial charge < -0.3 is 0 Å². The van der Waals surface area contributed by atoms with Gasteiger partial charge in [-0.3, -0.25) is 15.0 Å². The Morgan fingerprint density at radius 2 is 2.10 bits per heavy atom. The molecule has 1 aromatic rings. The molecular formula is C7H7N3. The first-order valence-corrected chi connectivity index (χ1v) is 3.18. The Balaban J connectivity index is 2.28. The van der Waals surface area contributed by atoms with Crippen LogP contribution in [0.3, 0.4) is 0 Å². The fourth-order valence-electron chi connectivity index (χ4n) is 0.751. The van der Waals surface area contributed by atoms with E-state index in [2.05, 4.69) is 15.0 Å². The molecule has 0 radical (unpaired) electrons. The summed E-state index contributed by atoms with van der Waals surface area (Å²) in [7, 11) is 0. The molecule has 2 heterocycles. The number of nitrogens with zero attached hydrogens (tertiary/aromatic N) is 3. The maximum absolute atomic E-state index is 4.15. The molecule has 50 valence electrons. The Hall–Kier alpha value is -1.25. The molecule has 0 bridgehead atoms. The summed E-state index contributed by atoms with van der Waals surface area (Å²) >= 11 is 0. The van der Waals surface area contributed by atoms with Gasteiger partial charge in [0.05, 0.1) is 17.6 Å². The molecule has 10 heavy (non-hydrogen) atoms. The predicted octanol–water partition coefficient (Wildman–Crippen LogP) is 0.911. The van der Waals surface area contributed by atoms with Crippen LogP contribution in [0.2, 0.25) is 0 Å². The van der Waals surface area contributed by atoms with E-state index >= 15 is 0 Å². The summed E-state index contributed by atoms with van der Waals surface area (Å²) in [5.41, 5.74) is 1.90. The Labute approximate surface area is 58.9 Å². The fourth-order valence-corrected chi connectivity index (χ4v) is 0.751. The molecule has 1 aromatic heterocycles. The molecule has 1 atom stereocenters. The third-order valence-electron chi connectivity index (χ3n) is 1.40. The summed E-state index contributed by atoms with van der Waals surface area (Å²) in [6.07, 6.45) is 5.39. The van der Waals surface area contributed by atoms with E-state index in [0.717, 1.165) is 11.4 Å². The van der Waals surface area contributed by atoms with Crippen molar-refractivity contribution in [3.05, 3.63) is 23.8 Å². The zero-order valence-corrected chi connectivity index (χ0v) is 5.65. The SMILES string of the molecule is Cc1cnc([C@@H]2C=N2)cn1. The maximum Gasteiger partial charge on any atom is 0.128 e. The number of rotatable bonds is 1. The summed E-state index contributed by atoms with van der Waals surface area (Å²) in [5.74, 6) is 0. The minimum Gasteiger partial charge on any atom is -0.279 e. The molecule has 0 aromatic carbocycles. The van der Waals surface area contributed by atoms with Gasteiger partial charge in [-0.05, 0) is 6.92 Å². The molecule has 1 aliphatic rings. The second-order valence-corrected chi connectivity index (χ2v) is 2.33. The number of aromatic nitrogens is 2. The molecule has 0 spiro atoms. The second kappa shape index (κ2) is 1.87. The number of aryl methyl sites for hydroxylation is 1. The van der Waals surface area contributed by atoms with Gasteiger partial charge in [0.15, 0.2) is 0 Å². The molecule has 0 fully saturated rings. The predicted molar refractivity (Wildman–Crippen MR) is 38.0 cm³/mol. The first-order valence-electron chi connectivity index (χ1n) is 3.18. The van der Waals surface area contributed by atoms with Crippen LogP contribution in [-0.4, -0.2) is 16.2 Å². The summed E-state index contributed by atoms with van der Waals surface area (Å²) < 4.78 is 0. The Morgan fingerprint density at radius 3 is 2.60 bits per heavy atom. The first-order chi connectivity index (χ1) is 4.86. The van der Waals surface area contributed by atoms with Gasteiger partial charge in [-0.15, -0.1) is 0 Å². The smallest absolute Gasteiger partial charge is 0.128 e. The summed E-state index contributed by atoms with van der Waals surface area (Å²) in [5, 5.41) is 0. The molecule has 0 N–H and O–H groups in total. The van der Waals surface area contributed by atoms with Crippen LogP contribution in [0, 0.1) is 6.92 Å². The molecule has 0 amide bonds. The summed E-state index contributed by atoms with van der Waals surface area (Å²) in [6.45, 7) is 1.92. The van der Waals surface area contributed by atoms with E-state index in [1.165, 1.54) is 0 Å². The number of hydrogen-bond acceptors (Lipinski definition) is 3. The lowest BCUT2D eigenvalue weighted by molar-refractivity contribution is 0.974. The third-order valence-corrected chi connectivity index (χ3v) is 1.40. The first kappa shape index (κ1) is 5.53. The molecule has 1 aliphatic heterocycles. The molecule has 0 saturated heterocycles. The van der Waals surface area contributed by atoms with Crippen LogP contribution in [0.5, 0.6) is 0 Å². The highest BCUT2D eigenvalue weighted by molar-refractivity contribution is 5.78. The van der Waals surface area contributed by atoms with E-state index in [0.29, 0.717) is 0 Å². The Morgan fingerprint density at radius 1 is 1.30 bits per heavy atom. The third kappa shape index (κ3) is 0.900. The van der Waals surface area contributed by atoms with Crippen LogP contribution >= 0.6 is 0 Å². The Bertz CT molecular complexity index is 257. The zero-order chi connectivity index (χ0) is 6.97. The normalized spacial score (nSPS) is 21.1. The zero-order valence-electron chi connectivity index (χ0n) is 5.65. The molecule has 3 nitrogen and oxygen atoms in total. The summed E-state index contributed by atoms with van der Waals surface area (Å²) in [6, 6.07) is 0.230. The minimum atomic E-state index is 0.230. The van der Waals surface area contributed by atoms with Crippen LogP contribution in [0.25, 0.3) is 0 Å². The van der Waals surface area contributed by atoms with Crippen molar-refractivity contribution in [2.24, 2.45) is 4.99 Å². The van der Waals surface area contributed by atoms with Crippen molar-refractivity contribution in [2.75, 3.05) is 0 Å². The molecule has 3 heteroatoms. The van der Waals surface area contributed by atoms with Crippen molar-refractivity contribution >= 4 is 6.21 Å². The molecular weight excluding hydrogens is 126 g/mol. The lowest BCUT2D eigenvalue weighted by Crippen LogP contribution is -1.90. The van der Waals surface area contributed by atoms with E-state index in [9.17, 15) is 0 Å². The highest BCUT2D eigenvalue weighted by Gasteiger charge is 2.16. The van der Waals surface area contributed by atoms with Gasteiger partial charge >= 0.3 is 0 Å². The van der Waals surface area contributed by atoms with Crippen molar-refractivity contribution in [1.29, 1.82) is 0 Å². The van der Waals surface area contributed by atoms with Gasteiger partial charge in [0.2, 0.25) is 0 Å². The summed E-state index contributed by atoms with van der Waals surface area (Å²) in [4.78, 5) is 12.2. The van der Waals surface area contributed by atoms with Crippen LogP contribution in [0.1, 0.15) is 17.4 Å². The quantitative estimate of drug-likeness (QED) is 0.571. The topological polar surface area (TPSA) is 38.1 Å². The van der Waals surface area contributed by atoms with Crippen molar-refractivity contribution in [3.8, 4) is 0 Å². The van der Waals surface area contributed by atoms with E-state index in [4.69, 9.17) is 0 Å². The van der Waals surface area contributed by atoms with Gasteiger partial charge in [0.1, 0.15) is 6.04 Å². The van der Waals surface area contributed by atoms with Gasteiger partial charge in [-0.2, -0.15) is 0 Å². The highest BCUT2D eigenvalue weighted by atomic mass is 15.0. The van der Waals surface area contributed by atoms with Gasteiger partial charge in [-0.25, -0.2) is 0 Å². The van der Waals surface area contributed by atoms with Crippen LogP contribution in [-0.2, 0) is 0 Å². The molecule has 0 aliphatic carbocycles. The lowest BCUT2D eigenvalue weighted by atomic mass is 10.3. The Kier molecular flexibility index (Phi) is 1.03. The standard InChI is InChI=1S/C7H7N3/c1-5-2-9-6(3-8-5)7-4-10-7/h2-4,7H,1H3/t7-/m0/s1. The lowest BCUT2D eigenvalue weighted by Gasteiger charge is -1.93. The van der Waals surface area contributed by atoms with Crippen LogP contribution in [0.4, 0.5) is 0 Å². The van der Waals surface area contributed by atoms with E-state index in [1.807, 2.05) is 13.1 Å². The highest BCUT2D eigenvalue weighted by Crippen LogP contribution is 2.20. The largest absolute Gasteiger partial charge is 0.279 e. The van der Waals surface area contributed by atoms with Crippen molar-refractivity contribution in [3.63, 3.8) is 0 Å². The average Bonchev–Trinajstić information content (AvgIpc) is 2.71. The van der Waals surface area contributed by atoms with E-state index in [1.54, 1.807) is 12.4 Å². The monoisotopic (exact) mass is 133 g/mol. The fraction of sp³-hybridized carbons (Fsp3) is 0.286. The van der Waals surface area contributed by atoms with Crippen molar-refractivity contribution < 1.29 is 0 Å². The van der Waals surface area contributed by atoms with Gasteiger partial charge in [0.25, 0.3) is 0 Å². The van der Waals surface area contributed by atoms with Crippen LogP contribution < -0.4 is 0 Å². The molecule has 0 saturated carbocycles. The maximum atomic E-state index is 4.15. The van der Waals surface area contributed by atoms with Crippen LogP contribution in [0.15, 0.2) is 17.4 Å². The van der Waals surface area contributed by atoms with Crippen molar-refractivity contribution in [2.45, 2.75) is 13.0 Å². The minimum absolute atomic E-state index is 0.230. The van der Waals surface area contributed by atoms with Gasteiger partial charge in [-0.1, -0.05) is 0 Å². The molecule has 2 rings (SSSR count). The van der Waals surface area contributed by atoms with Crippen molar-refractivity contribution in [1.82, 2.24) is 9.97 Å². The second-order valence-electron chi connectivity index (χ2n) is 2.33. The molecule has 0 unspecified atom stereocenters. The van der Waals surface area contributed by atoms with E-state index in [-0.39, 0.29) is 6.04 Å². The number of aliphatic imine (C=N–C) groups is 1. The van der Waals surface area contributed by atoms with Gasteiger partial charge in [0, 0.05) is 12.4 Å². The average molecular weight is 133 g/mol.